The normalized spacial score (nSPS) is 11.9. The molecule has 0 amide bonds. The first kappa shape index (κ1) is 14.2. The van der Waals surface area contributed by atoms with E-state index in [2.05, 4.69) is 5.16 Å². The molecule has 5 nitrogen and oxygen atoms in total. The highest BCUT2D eigenvalue weighted by Gasteiger charge is 2.15. The van der Waals surface area contributed by atoms with Crippen LogP contribution < -0.4 is 10.6 Å². The molecule has 0 aromatic heterocycles. The van der Waals surface area contributed by atoms with Crippen LogP contribution in [0.4, 0.5) is 10.1 Å². The number of hydrogen-bond donors (Lipinski definition) is 3. The second-order valence-corrected chi connectivity index (χ2v) is 4.16. The number of benzene rings is 1. The number of amidine groups is 1. The van der Waals surface area contributed by atoms with Gasteiger partial charge in [-0.2, -0.15) is 0 Å². The maximum Gasteiger partial charge on any atom is 0.170 e. The van der Waals surface area contributed by atoms with E-state index in [-0.39, 0.29) is 18.5 Å². The molecule has 0 bridgehead atoms. The lowest BCUT2D eigenvalue weighted by Crippen LogP contribution is -2.34. The number of aliphatic hydroxyl groups excluding tert-OH is 1. The fourth-order valence-electron chi connectivity index (χ4n) is 1.72. The second-order valence-electron chi connectivity index (χ2n) is 4.16. The predicted octanol–water partition coefficient (Wildman–Crippen LogP) is 1.13. The van der Waals surface area contributed by atoms with E-state index < -0.39 is 5.82 Å². The van der Waals surface area contributed by atoms with Gasteiger partial charge in [0.1, 0.15) is 5.82 Å². The third-order valence-electron chi connectivity index (χ3n) is 2.62. The highest BCUT2D eigenvalue weighted by atomic mass is 19.1. The molecule has 0 aliphatic heterocycles. The van der Waals surface area contributed by atoms with Crippen molar-refractivity contribution in [2.45, 2.75) is 19.9 Å². The highest BCUT2D eigenvalue weighted by Crippen LogP contribution is 2.22. The molecule has 0 aliphatic carbocycles. The minimum absolute atomic E-state index is 0.0559. The zero-order chi connectivity index (χ0) is 13.7. The van der Waals surface area contributed by atoms with Gasteiger partial charge < -0.3 is 20.9 Å². The van der Waals surface area contributed by atoms with Gasteiger partial charge in [0.2, 0.25) is 0 Å². The molecule has 0 heterocycles. The number of oxime groups is 1. The van der Waals surface area contributed by atoms with Crippen LogP contribution in [0, 0.1) is 5.82 Å². The van der Waals surface area contributed by atoms with Crippen LogP contribution in [0.25, 0.3) is 0 Å². The molecule has 0 atom stereocenters. The Hall–Kier alpha value is -1.82. The van der Waals surface area contributed by atoms with E-state index in [1.54, 1.807) is 17.0 Å². The van der Waals surface area contributed by atoms with Gasteiger partial charge >= 0.3 is 0 Å². The summed E-state index contributed by atoms with van der Waals surface area (Å²) in [5.74, 6) is -0.611. The minimum atomic E-state index is -0.471. The average Bonchev–Trinajstić information content (AvgIpc) is 2.35. The standard InChI is InChI=1S/C12H18FN3O2/c1-8(2)16(5-6-17)11-4-3-9(7-10(11)13)12(14)15-18/h3-4,7-8,17-18H,5-6H2,1-2H3,(H2,14,15). The number of hydrogen-bond acceptors (Lipinski definition) is 4. The van der Waals surface area contributed by atoms with Gasteiger partial charge in [-0.1, -0.05) is 5.16 Å². The first-order valence-electron chi connectivity index (χ1n) is 5.66. The lowest BCUT2D eigenvalue weighted by Gasteiger charge is -2.28. The van der Waals surface area contributed by atoms with Crippen molar-refractivity contribution in [3.05, 3.63) is 29.6 Å². The summed E-state index contributed by atoms with van der Waals surface area (Å²) in [6.07, 6.45) is 0. The Morgan fingerprint density at radius 3 is 2.61 bits per heavy atom. The Bertz CT molecular complexity index is 435. The number of rotatable bonds is 5. The summed E-state index contributed by atoms with van der Waals surface area (Å²) < 4.78 is 14.0. The first-order valence-corrected chi connectivity index (χ1v) is 5.66. The van der Waals surface area contributed by atoms with Crippen molar-refractivity contribution in [2.24, 2.45) is 10.9 Å². The zero-order valence-electron chi connectivity index (χ0n) is 10.5. The van der Waals surface area contributed by atoms with Crippen LogP contribution in [0.1, 0.15) is 19.4 Å². The highest BCUT2D eigenvalue weighted by molar-refractivity contribution is 5.97. The Balaban J connectivity index is 3.10. The number of nitrogens with two attached hydrogens (primary N) is 1. The molecule has 6 heteroatoms. The summed E-state index contributed by atoms with van der Waals surface area (Å²) in [7, 11) is 0. The molecule has 1 aromatic rings. The molecule has 1 aromatic carbocycles. The van der Waals surface area contributed by atoms with Crippen molar-refractivity contribution >= 4 is 11.5 Å². The van der Waals surface area contributed by atoms with Crippen LogP contribution in [0.2, 0.25) is 0 Å². The molecule has 0 unspecified atom stereocenters. The molecule has 18 heavy (non-hydrogen) atoms. The van der Waals surface area contributed by atoms with E-state index in [4.69, 9.17) is 16.0 Å². The van der Waals surface area contributed by atoms with Gasteiger partial charge in [-0.15, -0.1) is 0 Å². The smallest absolute Gasteiger partial charge is 0.170 e. The van der Waals surface area contributed by atoms with E-state index in [0.29, 0.717) is 17.8 Å². The van der Waals surface area contributed by atoms with E-state index in [0.717, 1.165) is 0 Å². The Kier molecular flexibility index (Phi) is 4.91. The van der Waals surface area contributed by atoms with Gasteiger partial charge in [-0.3, -0.25) is 0 Å². The van der Waals surface area contributed by atoms with E-state index in [9.17, 15) is 4.39 Å². The molecule has 4 N–H and O–H groups in total. The van der Waals surface area contributed by atoms with Gasteiger partial charge in [0, 0.05) is 18.2 Å². The Morgan fingerprint density at radius 1 is 1.50 bits per heavy atom. The van der Waals surface area contributed by atoms with Crippen molar-refractivity contribution in [1.82, 2.24) is 0 Å². The van der Waals surface area contributed by atoms with Crippen LogP contribution in [-0.4, -0.2) is 35.3 Å². The third-order valence-corrected chi connectivity index (χ3v) is 2.62. The quantitative estimate of drug-likeness (QED) is 0.319. The molecule has 0 radical (unpaired) electrons. The maximum absolute atomic E-state index is 14.0. The molecule has 1 rings (SSSR count). The molecule has 0 fully saturated rings. The second kappa shape index (κ2) is 6.20. The van der Waals surface area contributed by atoms with Gasteiger partial charge in [-0.05, 0) is 32.0 Å². The van der Waals surface area contributed by atoms with E-state index in [1.807, 2.05) is 13.8 Å². The van der Waals surface area contributed by atoms with Crippen molar-refractivity contribution in [3.8, 4) is 0 Å². The van der Waals surface area contributed by atoms with Crippen molar-refractivity contribution in [1.29, 1.82) is 0 Å². The minimum Gasteiger partial charge on any atom is -0.409 e. The van der Waals surface area contributed by atoms with E-state index in [1.165, 1.54) is 6.07 Å². The summed E-state index contributed by atoms with van der Waals surface area (Å²) in [6, 6.07) is 4.39. The number of anilines is 1. The Morgan fingerprint density at radius 2 is 2.17 bits per heavy atom. The van der Waals surface area contributed by atoms with Gasteiger partial charge in [0.05, 0.1) is 12.3 Å². The topological polar surface area (TPSA) is 82.1 Å². The SMILES string of the molecule is CC(C)N(CCO)c1ccc(C(N)=NO)cc1F. The lowest BCUT2D eigenvalue weighted by atomic mass is 10.1. The number of halogens is 1. The van der Waals surface area contributed by atoms with Crippen LogP contribution in [0.5, 0.6) is 0 Å². The summed E-state index contributed by atoms with van der Waals surface area (Å²) in [5, 5.41) is 20.3. The number of aliphatic hydroxyl groups is 1. The van der Waals surface area contributed by atoms with Crippen LogP contribution in [-0.2, 0) is 0 Å². The van der Waals surface area contributed by atoms with Crippen molar-refractivity contribution in [2.75, 3.05) is 18.1 Å². The lowest BCUT2D eigenvalue weighted by molar-refractivity contribution is 0.298. The van der Waals surface area contributed by atoms with Crippen molar-refractivity contribution in [3.63, 3.8) is 0 Å². The fourth-order valence-corrected chi connectivity index (χ4v) is 1.72. The summed E-state index contributed by atoms with van der Waals surface area (Å²) >= 11 is 0. The number of nitrogens with zero attached hydrogens (tertiary/aromatic N) is 2. The fraction of sp³-hybridized carbons (Fsp3) is 0.417. The monoisotopic (exact) mass is 255 g/mol. The van der Waals surface area contributed by atoms with Crippen LogP contribution in [0.3, 0.4) is 0 Å². The summed E-state index contributed by atoms with van der Waals surface area (Å²) in [5.41, 5.74) is 6.08. The molecule has 0 aliphatic rings. The molecule has 0 spiro atoms. The van der Waals surface area contributed by atoms with Gasteiger partial charge in [-0.25, -0.2) is 4.39 Å². The molecular formula is C12H18FN3O2. The summed E-state index contributed by atoms with van der Waals surface area (Å²) in [4.78, 5) is 1.74. The Labute approximate surface area is 105 Å². The van der Waals surface area contributed by atoms with Crippen molar-refractivity contribution < 1.29 is 14.7 Å². The maximum atomic E-state index is 14.0. The largest absolute Gasteiger partial charge is 0.409 e. The molecular weight excluding hydrogens is 237 g/mol. The molecule has 0 saturated carbocycles. The molecule has 0 saturated heterocycles. The van der Waals surface area contributed by atoms with E-state index >= 15 is 0 Å². The van der Waals surface area contributed by atoms with Gasteiger partial charge in [0.15, 0.2) is 5.84 Å². The van der Waals surface area contributed by atoms with Gasteiger partial charge in [0.25, 0.3) is 0 Å². The zero-order valence-corrected chi connectivity index (χ0v) is 10.5. The molecule has 100 valence electrons. The summed E-state index contributed by atoms with van der Waals surface area (Å²) in [6.45, 7) is 4.11. The van der Waals surface area contributed by atoms with Crippen LogP contribution >= 0.6 is 0 Å². The van der Waals surface area contributed by atoms with Crippen LogP contribution in [0.15, 0.2) is 23.4 Å². The third kappa shape index (κ3) is 3.10. The average molecular weight is 255 g/mol. The predicted molar refractivity (Wildman–Crippen MR) is 68.5 cm³/mol. The first-order chi connectivity index (χ1) is 8.51.